The Morgan fingerprint density at radius 2 is 1.74 bits per heavy atom. The SMILES string of the molecule is CC(=O)c1c(S[C@H](C)C(=O)N2CCN(S(=O)(=O)c3ccccc3)CC2)nc(=O)[nH]c1C. The summed E-state index contributed by atoms with van der Waals surface area (Å²) in [5, 5.41) is -0.371. The first-order valence-electron chi connectivity index (χ1n) is 9.73. The van der Waals surface area contributed by atoms with Crippen LogP contribution in [0.5, 0.6) is 0 Å². The van der Waals surface area contributed by atoms with E-state index in [0.29, 0.717) is 11.3 Å². The summed E-state index contributed by atoms with van der Waals surface area (Å²) < 4.78 is 26.9. The summed E-state index contributed by atoms with van der Waals surface area (Å²) in [6.45, 7) is 5.59. The van der Waals surface area contributed by atoms with Gasteiger partial charge < -0.3 is 9.88 Å². The van der Waals surface area contributed by atoms with Crippen LogP contribution in [0.1, 0.15) is 29.9 Å². The molecule has 1 amide bonds. The van der Waals surface area contributed by atoms with Crippen molar-refractivity contribution in [3.8, 4) is 0 Å². The minimum atomic E-state index is -3.60. The van der Waals surface area contributed by atoms with Gasteiger partial charge in [0.2, 0.25) is 15.9 Å². The summed E-state index contributed by atoms with van der Waals surface area (Å²) in [7, 11) is -3.60. The molecule has 1 aromatic heterocycles. The van der Waals surface area contributed by atoms with Crippen molar-refractivity contribution >= 4 is 33.5 Å². The molecular weight excluding hydrogens is 440 g/mol. The van der Waals surface area contributed by atoms with Crippen LogP contribution in [0.4, 0.5) is 0 Å². The molecule has 1 aliphatic rings. The number of benzene rings is 1. The molecule has 1 saturated heterocycles. The third-order valence-corrected chi connectivity index (χ3v) is 7.99. The van der Waals surface area contributed by atoms with Gasteiger partial charge in [0.1, 0.15) is 5.03 Å². The fraction of sp³-hybridized carbons (Fsp3) is 0.400. The van der Waals surface area contributed by atoms with Crippen molar-refractivity contribution in [3.63, 3.8) is 0 Å². The molecule has 1 atom stereocenters. The van der Waals surface area contributed by atoms with E-state index in [1.54, 1.807) is 49.1 Å². The van der Waals surface area contributed by atoms with E-state index >= 15 is 0 Å². The topological polar surface area (TPSA) is 121 Å². The average molecular weight is 465 g/mol. The number of Topliss-reactive ketones (excluding diaryl/α,β-unsaturated/α-hetero) is 1. The van der Waals surface area contributed by atoms with Gasteiger partial charge >= 0.3 is 5.69 Å². The van der Waals surface area contributed by atoms with Crippen molar-refractivity contribution in [1.82, 2.24) is 19.2 Å². The van der Waals surface area contributed by atoms with Crippen LogP contribution in [0, 0.1) is 6.92 Å². The maximum absolute atomic E-state index is 12.9. The maximum Gasteiger partial charge on any atom is 0.346 e. The Morgan fingerprint density at radius 3 is 2.32 bits per heavy atom. The Hall–Kier alpha value is -2.50. The van der Waals surface area contributed by atoms with Crippen molar-refractivity contribution in [2.24, 2.45) is 0 Å². The number of nitrogens with zero attached hydrogens (tertiary/aromatic N) is 3. The van der Waals surface area contributed by atoms with Crippen molar-refractivity contribution in [1.29, 1.82) is 0 Å². The second-order valence-corrected chi connectivity index (χ2v) is 10.5. The number of piperazine rings is 1. The molecule has 0 unspecified atom stereocenters. The molecule has 2 heterocycles. The number of thioether (sulfide) groups is 1. The van der Waals surface area contributed by atoms with Gasteiger partial charge in [-0.2, -0.15) is 9.29 Å². The molecule has 9 nitrogen and oxygen atoms in total. The number of aryl methyl sites for hydroxylation is 1. The van der Waals surface area contributed by atoms with Crippen LogP contribution >= 0.6 is 11.8 Å². The highest BCUT2D eigenvalue weighted by atomic mass is 32.2. The standard InChI is InChI=1S/C20H24N4O5S2/c1-13-17(14(2)25)18(22-20(27)21-13)30-15(3)19(26)23-9-11-24(12-10-23)31(28,29)16-7-5-4-6-8-16/h4-8,15H,9-12H2,1-3H3,(H,21,22,27)/t15-/m1/s1. The summed E-state index contributed by atoms with van der Waals surface area (Å²) in [5.74, 6) is -0.445. The zero-order chi connectivity index (χ0) is 22.8. The Bertz CT molecular complexity index is 1140. The van der Waals surface area contributed by atoms with Crippen LogP contribution < -0.4 is 5.69 Å². The van der Waals surface area contributed by atoms with E-state index in [4.69, 9.17) is 0 Å². The number of sulfonamides is 1. The molecule has 1 fully saturated rings. The summed E-state index contributed by atoms with van der Waals surface area (Å²) in [6, 6.07) is 8.20. The van der Waals surface area contributed by atoms with Crippen LogP contribution in [0.2, 0.25) is 0 Å². The van der Waals surface area contributed by atoms with Gasteiger partial charge in [-0.1, -0.05) is 30.0 Å². The second-order valence-electron chi connectivity index (χ2n) is 7.21. The summed E-state index contributed by atoms with van der Waals surface area (Å²) in [4.78, 5) is 44.8. The predicted molar refractivity (Wildman–Crippen MR) is 117 cm³/mol. The molecule has 0 aliphatic carbocycles. The van der Waals surface area contributed by atoms with E-state index in [2.05, 4.69) is 9.97 Å². The number of carbonyl (C=O) groups is 2. The predicted octanol–water partition coefficient (Wildman–Crippen LogP) is 1.29. The fourth-order valence-electron chi connectivity index (χ4n) is 3.42. The summed E-state index contributed by atoms with van der Waals surface area (Å²) in [5.41, 5.74) is 0.127. The molecule has 0 spiro atoms. The highest BCUT2D eigenvalue weighted by Gasteiger charge is 2.32. The highest BCUT2D eigenvalue weighted by Crippen LogP contribution is 2.27. The molecule has 1 aromatic carbocycles. The number of amides is 1. The lowest BCUT2D eigenvalue weighted by molar-refractivity contribution is -0.131. The Kier molecular flexibility index (Phi) is 6.97. The number of hydrogen-bond acceptors (Lipinski definition) is 7. The van der Waals surface area contributed by atoms with E-state index in [1.807, 2.05) is 0 Å². The van der Waals surface area contributed by atoms with Gasteiger partial charge in [0, 0.05) is 31.9 Å². The monoisotopic (exact) mass is 464 g/mol. The Labute approximate surface area is 184 Å². The van der Waals surface area contributed by atoms with Crippen molar-refractivity contribution in [3.05, 3.63) is 52.1 Å². The zero-order valence-corrected chi connectivity index (χ0v) is 19.1. The highest BCUT2D eigenvalue weighted by molar-refractivity contribution is 8.00. The smallest absolute Gasteiger partial charge is 0.339 e. The van der Waals surface area contributed by atoms with Crippen molar-refractivity contribution in [2.75, 3.05) is 26.2 Å². The molecule has 1 aliphatic heterocycles. The van der Waals surface area contributed by atoms with Gasteiger partial charge in [0.05, 0.1) is 15.7 Å². The van der Waals surface area contributed by atoms with Crippen LogP contribution in [-0.4, -0.2) is 70.7 Å². The first kappa shape index (κ1) is 23.2. The van der Waals surface area contributed by atoms with Gasteiger partial charge in [-0.05, 0) is 32.9 Å². The third kappa shape index (κ3) is 5.05. The number of rotatable bonds is 6. The molecule has 2 aromatic rings. The van der Waals surface area contributed by atoms with Gasteiger partial charge in [0.15, 0.2) is 5.78 Å². The molecule has 11 heteroatoms. The third-order valence-electron chi connectivity index (χ3n) is 5.01. The maximum atomic E-state index is 12.9. The quantitative estimate of drug-likeness (QED) is 0.388. The minimum Gasteiger partial charge on any atom is -0.339 e. The van der Waals surface area contributed by atoms with Gasteiger partial charge in [-0.15, -0.1) is 0 Å². The number of ketones is 1. The number of aromatic nitrogens is 2. The normalized spacial score (nSPS) is 16.2. The lowest BCUT2D eigenvalue weighted by Crippen LogP contribution is -2.52. The first-order chi connectivity index (χ1) is 14.6. The largest absolute Gasteiger partial charge is 0.346 e. The van der Waals surface area contributed by atoms with Crippen LogP contribution in [0.3, 0.4) is 0 Å². The van der Waals surface area contributed by atoms with E-state index < -0.39 is 21.0 Å². The van der Waals surface area contributed by atoms with Crippen molar-refractivity contribution in [2.45, 2.75) is 35.9 Å². The Morgan fingerprint density at radius 1 is 1.13 bits per heavy atom. The molecule has 0 radical (unpaired) electrons. The number of H-pyrrole nitrogens is 1. The number of aromatic amines is 1. The van der Waals surface area contributed by atoms with Gasteiger partial charge in [-0.3, -0.25) is 9.59 Å². The second kappa shape index (κ2) is 9.33. The molecular formula is C20H24N4O5S2. The summed E-state index contributed by atoms with van der Waals surface area (Å²) >= 11 is 1.06. The lowest BCUT2D eigenvalue weighted by Gasteiger charge is -2.35. The van der Waals surface area contributed by atoms with Gasteiger partial charge in [0.25, 0.3) is 0 Å². The van der Waals surface area contributed by atoms with Crippen LogP contribution in [0.15, 0.2) is 45.0 Å². The van der Waals surface area contributed by atoms with E-state index in [0.717, 1.165) is 11.8 Å². The molecule has 166 valence electrons. The molecule has 31 heavy (non-hydrogen) atoms. The van der Waals surface area contributed by atoms with Crippen molar-refractivity contribution < 1.29 is 18.0 Å². The summed E-state index contributed by atoms with van der Waals surface area (Å²) in [6.07, 6.45) is 0. The number of carbonyl (C=O) groups excluding carboxylic acids is 2. The number of hydrogen-bond donors (Lipinski definition) is 1. The lowest BCUT2D eigenvalue weighted by atomic mass is 10.2. The molecule has 1 N–H and O–H groups in total. The van der Waals surface area contributed by atoms with E-state index in [1.165, 1.54) is 11.2 Å². The van der Waals surface area contributed by atoms with E-state index in [9.17, 15) is 22.8 Å². The molecule has 0 bridgehead atoms. The van der Waals surface area contributed by atoms with E-state index in [-0.39, 0.29) is 47.8 Å². The molecule has 0 saturated carbocycles. The van der Waals surface area contributed by atoms with Gasteiger partial charge in [-0.25, -0.2) is 13.2 Å². The zero-order valence-electron chi connectivity index (χ0n) is 17.5. The van der Waals surface area contributed by atoms with Crippen LogP contribution in [0.25, 0.3) is 0 Å². The average Bonchev–Trinajstić information content (AvgIpc) is 2.73. The first-order valence-corrected chi connectivity index (χ1v) is 12.1. The fourth-order valence-corrected chi connectivity index (χ4v) is 6.00. The van der Waals surface area contributed by atoms with Crippen LogP contribution in [-0.2, 0) is 14.8 Å². The molecule has 3 rings (SSSR count). The minimum absolute atomic E-state index is 0.196. The number of nitrogens with one attached hydrogen (secondary N) is 1. The Balaban J connectivity index is 1.68.